The highest BCUT2D eigenvalue weighted by atomic mass is 32.1. The van der Waals surface area contributed by atoms with E-state index in [-0.39, 0.29) is 18.2 Å². The first kappa shape index (κ1) is 20.0. The Bertz CT molecular complexity index is 1160. The Morgan fingerprint density at radius 3 is 2.77 bits per heavy atom. The zero-order chi connectivity index (χ0) is 20.9. The number of benzene rings is 1. The number of nitrogens with zero attached hydrogens (tertiary/aromatic N) is 3. The first-order chi connectivity index (χ1) is 14.6. The molecule has 4 aromatic rings. The molecule has 0 aliphatic carbocycles. The summed E-state index contributed by atoms with van der Waals surface area (Å²) in [5.74, 6) is -0.195. The van der Waals surface area contributed by atoms with Crippen molar-refractivity contribution < 1.29 is 9.59 Å². The second-order valence-corrected chi connectivity index (χ2v) is 8.59. The minimum Gasteiger partial charge on any atom is -0.351 e. The summed E-state index contributed by atoms with van der Waals surface area (Å²) in [7, 11) is 0. The van der Waals surface area contributed by atoms with Crippen molar-refractivity contribution in [2.75, 3.05) is 5.32 Å². The van der Waals surface area contributed by atoms with Gasteiger partial charge in [-0.3, -0.25) is 9.59 Å². The quantitative estimate of drug-likeness (QED) is 0.459. The molecular formula is C21H19N5O2S2. The van der Waals surface area contributed by atoms with Crippen LogP contribution in [-0.4, -0.2) is 26.6 Å². The molecule has 0 fully saturated rings. The molecule has 152 valence electrons. The first-order valence-corrected chi connectivity index (χ1v) is 10.9. The number of amides is 2. The molecule has 0 spiro atoms. The summed E-state index contributed by atoms with van der Waals surface area (Å²) >= 11 is 2.96. The van der Waals surface area contributed by atoms with Gasteiger partial charge in [-0.05, 0) is 29.8 Å². The van der Waals surface area contributed by atoms with Gasteiger partial charge in [0.15, 0.2) is 5.13 Å². The van der Waals surface area contributed by atoms with E-state index < -0.39 is 0 Å². The van der Waals surface area contributed by atoms with Crippen LogP contribution in [0.2, 0.25) is 0 Å². The highest BCUT2D eigenvalue weighted by Crippen LogP contribution is 2.30. The number of anilines is 1. The number of rotatable bonds is 7. The Balaban J connectivity index is 1.35. The van der Waals surface area contributed by atoms with Crippen molar-refractivity contribution in [3.05, 3.63) is 70.7 Å². The molecule has 2 amide bonds. The topological polar surface area (TPSA) is 88.9 Å². The van der Waals surface area contributed by atoms with Crippen LogP contribution in [0.3, 0.4) is 0 Å². The van der Waals surface area contributed by atoms with E-state index in [0.717, 1.165) is 26.7 Å². The van der Waals surface area contributed by atoms with E-state index in [9.17, 15) is 9.59 Å². The smallest absolute Gasteiger partial charge is 0.230 e. The zero-order valence-electron chi connectivity index (χ0n) is 16.2. The number of nitrogens with one attached hydrogen (secondary N) is 2. The highest BCUT2D eigenvalue weighted by Gasteiger charge is 2.12. The number of thiazole rings is 1. The predicted molar refractivity (Wildman–Crippen MR) is 119 cm³/mol. The van der Waals surface area contributed by atoms with Crippen LogP contribution in [0.5, 0.6) is 0 Å². The minimum atomic E-state index is -0.138. The summed E-state index contributed by atoms with van der Waals surface area (Å²) < 4.78 is 1.75. The Hall–Kier alpha value is -3.30. The van der Waals surface area contributed by atoms with Crippen LogP contribution < -0.4 is 10.6 Å². The van der Waals surface area contributed by atoms with Gasteiger partial charge in [0.1, 0.15) is 0 Å². The Labute approximate surface area is 181 Å². The lowest BCUT2D eigenvalue weighted by Gasteiger charge is -2.00. The van der Waals surface area contributed by atoms with E-state index in [1.165, 1.54) is 18.3 Å². The number of carbonyl (C=O) groups is 2. The van der Waals surface area contributed by atoms with Crippen LogP contribution in [0.4, 0.5) is 5.13 Å². The number of hydrogen-bond donors (Lipinski definition) is 2. The van der Waals surface area contributed by atoms with Crippen molar-refractivity contribution in [2.45, 2.75) is 19.9 Å². The maximum atomic E-state index is 12.4. The molecule has 4 rings (SSSR count). The molecule has 0 aliphatic heterocycles. The molecule has 2 N–H and O–H groups in total. The van der Waals surface area contributed by atoms with E-state index >= 15 is 0 Å². The van der Waals surface area contributed by atoms with E-state index in [2.05, 4.69) is 20.7 Å². The normalized spacial score (nSPS) is 10.7. The number of carbonyl (C=O) groups excluding carboxylic acids is 2. The molecule has 1 aromatic carbocycles. The van der Waals surface area contributed by atoms with E-state index in [4.69, 9.17) is 0 Å². The molecule has 0 aliphatic rings. The molecule has 3 heterocycles. The Morgan fingerprint density at radius 1 is 1.13 bits per heavy atom. The summed E-state index contributed by atoms with van der Waals surface area (Å²) in [5, 5.41) is 12.4. The summed E-state index contributed by atoms with van der Waals surface area (Å²) in [6.07, 6.45) is 3.77. The molecule has 7 nitrogen and oxygen atoms in total. The van der Waals surface area contributed by atoms with Crippen molar-refractivity contribution in [3.63, 3.8) is 0 Å². The lowest BCUT2D eigenvalue weighted by atomic mass is 10.2. The number of aromatic nitrogens is 3. The van der Waals surface area contributed by atoms with Crippen molar-refractivity contribution in [1.82, 2.24) is 20.1 Å². The van der Waals surface area contributed by atoms with Gasteiger partial charge >= 0.3 is 0 Å². The first-order valence-electron chi connectivity index (χ1n) is 9.25. The third kappa shape index (κ3) is 5.00. The average molecular weight is 438 g/mol. The summed E-state index contributed by atoms with van der Waals surface area (Å²) in [5.41, 5.74) is 2.59. The van der Waals surface area contributed by atoms with Crippen LogP contribution in [0, 0.1) is 0 Å². The van der Waals surface area contributed by atoms with Gasteiger partial charge in [0, 0.05) is 23.4 Å². The molecule has 9 heteroatoms. The van der Waals surface area contributed by atoms with Crippen molar-refractivity contribution in [1.29, 1.82) is 0 Å². The van der Waals surface area contributed by atoms with E-state index in [1.54, 1.807) is 22.2 Å². The molecule has 0 saturated carbocycles. The molecule has 0 atom stereocenters. The van der Waals surface area contributed by atoms with Gasteiger partial charge in [-0.2, -0.15) is 5.10 Å². The lowest BCUT2D eigenvalue weighted by Crippen LogP contribution is -2.17. The Morgan fingerprint density at radius 2 is 1.97 bits per heavy atom. The fraction of sp³-hybridized carbons (Fsp3) is 0.143. The monoisotopic (exact) mass is 437 g/mol. The molecule has 0 bridgehead atoms. The summed E-state index contributed by atoms with van der Waals surface area (Å²) in [4.78, 5) is 30.0. The van der Waals surface area contributed by atoms with Crippen molar-refractivity contribution >= 4 is 39.6 Å². The SMILES string of the molecule is CC(=O)NCc1ccc(-c2csc(NC(=O)Cc3cnn(-c4ccccc4)c3)n2)s1. The van der Waals surface area contributed by atoms with Crippen LogP contribution in [-0.2, 0) is 22.6 Å². The lowest BCUT2D eigenvalue weighted by molar-refractivity contribution is -0.119. The van der Waals surface area contributed by atoms with Crippen molar-refractivity contribution in [3.8, 4) is 16.3 Å². The summed E-state index contributed by atoms with van der Waals surface area (Å²) in [6.45, 7) is 2.00. The van der Waals surface area contributed by atoms with E-state index in [0.29, 0.717) is 11.7 Å². The zero-order valence-corrected chi connectivity index (χ0v) is 17.8. The minimum absolute atomic E-state index is 0.0575. The Kier molecular flexibility index (Phi) is 6.01. The largest absolute Gasteiger partial charge is 0.351 e. The molecule has 0 unspecified atom stereocenters. The van der Waals surface area contributed by atoms with Gasteiger partial charge in [0.25, 0.3) is 0 Å². The van der Waals surface area contributed by atoms with Gasteiger partial charge in [0.05, 0.1) is 35.4 Å². The third-order valence-electron chi connectivity index (χ3n) is 4.20. The highest BCUT2D eigenvalue weighted by molar-refractivity contribution is 7.17. The van der Waals surface area contributed by atoms with Crippen LogP contribution >= 0.6 is 22.7 Å². The maximum Gasteiger partial charge on any atom is 0.230 e. The van der Waals surface area contributed by atoms with Crippen molar-refractivity contribution in [2.24, 2.45) is 0 Å². The van der Waals surface area contributed by atoms with Crippen LogP contribution in [0.1, 0.15) is 17.4 Å². The standard InChI is InChI=1S/C21H19N5O2S2/c1-14(27)22-11-17-7-8-19(30-17)18-13-29-21(24-18)25-20(28)9-15-10-23-26(12-15)16-5-3-2-4-6-16/h2-8,10,12-13H,9,11H2,1H3,(H,22,27)(H,24,25,28). The second kappa shape index (κ2) is 9.02. The van der Waals surface area contributed by atoms with Crippen LogP contribution in [0.25, 0.3) is 16.3 Å². The maximum absolute atomic E-state index is 12.4. The third-order valence-corrected chi connectivity index (χ3v) is 6.06. The van der Waals surface area contributed by atoms with Gasteiger partial charge in [0.2, 0.25) is 11.8 Å². The fourth-order valence-electron chi connectivity index (χ4n) is 2.79. The van der Waals surface area contributed by atoms with Gasteiger partial charge in [-0.1, -0.05) is 18.2 Å². The molecule has 0 radical (unpaired) electrons. The second-order valence-electron chi connectivity index (χ2n) is 6.57. The molecular weight excluding hydrogens is 418 g/mol. The average Bonchev–Trinajstić information content (AvgIpc) is 3.48. The predicted octanol–water partition coefficient (Wildman–Crippen LogP) is 3.87. The summed E-state index contributed by atoms with van der Waals surface area (Å²) in [6, 6.07) is 13.7. The van der Waals surface area contributed by atoms with Gasteiger partial charge in [-0.25, -0.2) is 9.67 Å². The van der Waals surface area contributed by atoms with E-state index in [1.807, 2.05) is 54.0 Å². The number of para-hydroxylation sites is 1. The number of thiophene rings is 1. The molecule has 3 aromatic heterocycles. The molecule has 0 saturated heterocycles. The van der Waals surface area contributed by atoms with Crippen LogP contribution in [0.15, 0.2) is 60.2 Å². The van der Waals surface area contributed by atoms with Gasteiger partial charge in [-0.15, -0.1) is 22.7 Å². The van der Waals surface area contributed by atoms with Gasteiger partial charge < -0.3 is 10.6 Å². The fourth-order valence-corrected chi connectivity index (χ4v) is 4.50. The number of hydrogen-bond acceptors (Lipinski definition) is 6. The molecule has 30 heavy (non-hydrogen) atoms.